The molecule has 0 aromatic rings. The van der Waals surface area contributed by atoms with Crippen LogP contribution in [0.2, 0.25) is 0 Å². The van der Waals surface area contributed by atoms with E-state index < -0.39 is 0 Å². The lowest BCUT2D eigenvalue weighted by Crippen LogP contribution is -2.38. The first-order chi connectivity index (χ1) is 7.20. The van der Waals surface area contributed by atoms with Gasteiger partial charge in [0.05, 0.1) is 6.61 Å². The third kappa shape index (κ3) is 4.06. The normalized spacial score (nSPS) is 27.6. The van der Waals surface area contributed by atoms with E-state index in [1.807, 2.05) is 0 Å². The van der Waals surface area contributed by atoms with Gasteiger partial charge >= 0.3 is 0 Å². The average Bonchev–Trinajstić information content (AvgIpc) is 2.97. The molecular weight excluding hydrogens is 321 g/mol. The Balaban J connectivity index is 1.72. The highest BCUT2D eigenvalue weighted by Gasteiger charge is 2.44. The second-order valence-electron chi connectivity index (χ2n) is 4.74. The summed E-state index contributed by atoms with van der Waals surface area (Å²) in [7, 11) is 0. The van der Waals surface area contributed by atoms with Crippen molar-refractivity contribution in [2.75, 3.05) is 37.7 Å². The van der Waals surface area contributed by atoms with Crippen molar-refractivity contribution in [3.8, 4) is 0 Å². The topological polar surface area (TPSA) is 12.5 Å². The van der Waals surface area contributed by atoms with Gasteiger partial charge in [-0.1, -0.05) is 22.6 Å². The molecule has 2 nitrogen and oxygen atoms in total. The molecular formula is C11H20INOS. The molecule has 0 amide bonds. The molecule has 0 N–H and O–H groups in total. The van der Waals surface area contributed by atoms with E-state index in [0.29, 0.717) is 9.53 Å². The van der Waals surface area contributed by atoms with Crippen LogP contribution in [0.15, 0.2) is 0 Å². The summed E-state index contributed by atoms with van der Waals surface area (Å²) in [5, 5.41) is 0. The Kier molecular flexibility index (Phi) is 4.62. The van der Waals surface area contributed by atoms with Gasteiger partial charge in [-0.3, -0.25) is 0 Å². The van der Waals surface area contributed by atoms with Gasteiger partial charge < -0.3 is 9.64 Å². The van der Waals surface area contributed by atoms with E-state index in [1.165, 1.54) is 44.0 Å². The van der Waals surface area contributed by atoms with Crippen LogP contribution in [0, 0.1) is 5.41 Å². The van der Waals surface area contributed by atoms with Crippen molar-refractivity contribution >= 4 is 34.4 Å². The van der Waals surface area contributed by atoms with Crippen LogP contribution in [0.5, 0.6) is 0 Å². The number of thioether (sulfide) groups is 1. The lowest BCUT2D eigenvalue weighted by Gasteiger charge is -2.30. The second kappa shape index (κ2) is 5.56. The van der Waals surface area contributed by atoms with E-state index in [9.17, 15) is 0 Å². The number of nitrogens with zero attached hydrogens (tertiary/aromatic N) is 1. The third-order valence-corrected chi connectivity index (χ3v) is 4.54. The molecule has 0 aromatic carbocycles. The molecule has 1 aliphatic heterocycles. The third-order valence-electron chi connectivity index (χ3n) is 3.24. The van der Waals surface area contributed by atoms with Crippen LogP contribution in [-0.2, 0) is 4.74 Å². The molecule has 0 spiro atoms. The maximum Gasteiger partial charge on any atom is 0.106 e. The summed E-state index contributed by atoms with van der Waals surface area (Å²) < 4.78 is 6.12. The van der Waals surface area contributed by atoms with Crippen LogP contribution >= 0.6 is 34.4 Å². The van der Waals surface area contributed by atoms with Crippen molar-refractivity contribution in [2.45, 2.75) is 23.9 Å². The monoisotopic (exact) mass is 341 g/mol. The molecule has 4 heteroatoms. The molecule has 88 valence electrons. The van der Waals surface area contributed by atoms with Crippen LogP contribution in [-0.4, -0.2) is 46.8 Å². The van der Waals surface area contributed by atoms with Crippen LogP contribution in [0.25, 0.3) is 0 Å². The van der Waals surface area contributed by atoms with Gasteiger partial charge in [-0.2, -0.15) is 11.8 Å². The Labute approximate surface area is 111 Å². The van der Waals surface area contributed by atoms with Gasteiger partial charge in [0, 0.05) is 36.6 Å². The fourth-order valence-corrected chi connectivity index (χ4v) is 3.21. The van der Waals surface area contributed by atoms with Crippen LogP contribution < -0.4 is 0 Å². The number of rotatable bonds is 5. The predicted octanol–water partition coefficient (Wildman–Crippen LogP) is 2.61. The minimum atomic E-state index is 0.358. The van der Waals surface area contributed by atoms with E-state index in [4.69, 9.17) is 4.74 Å². The summed E-state index contributed by atoms with van der Waals surface area (Å²) in [5.74, 6) is 2.64. The molecule has 2 fully saturated rings. The zero-order valence-electron chi connectivity index (χ0n) is 9.38. The average molecular weight is 341 g/mol. The molecule has 1 heterocycles. The van der Waals surface area contributed by atoms with Gasteiger partial charge in [-0.05, 0) is 19.8 Å². The van der Waals surface area contributed by atoms with E-state index in [1.54, 1.807) is 0 Å². The first-order valence-electron chi connectivity index (χ1n) is 5.76. The van der Waals surface area contributed by atoms with Gasteiger partial charge in [0.2, 0.25) is 0 Å². The van der Waals surface area contributed by atoms with E-state index in [0.717, 1.165) is 6.61 Å². The number of hydrogen-bond acceptors (Lipinski definition) is 3. The molecule has 2 rings (SSSR count). The fraction of sp³-hybridized carbons (Fsp3) is 1.00. The molecule has 15 heavy (non-hydrogen) atoms. The SMILES string of the molecule is CC(I)OCC1(CN2CCSCC2)CC1. The van der Waals surface area contributed by atoms with Crippen LogP contribution in [0.1, 0.15) is 19.8 Å². The Hall–Kier alpha value is 1.000. The Morgan fingerprint density at radius 3 is 2.60 bits per heavy atom. The van der Waals surface area contributed by atoms with E-state index >= 15 is 0 Å². The highest BCUT2D eigenvalue weighted by molar-refractivity contribution is 14.1. The molecule has 0 bridgehead atoms. The lowest BCUT2D eigenvalue weighted by atomic mass is 10.1. The standard InChI is InChI=1S/C11H20INOS/c1-10(12)14-9-11(2-3-11)8-13-4-6-15-7-5-13/h10H,2-9H2,1H3. The van der Waals surface area contributed by atoms with Gasteiger partial charge in [-0.15, -0.1) is 0 Å². The Morgan fingerprint density at radius 1 is 1.40 bits per heavy atom. The van der Waals surface area contributed by atoms with Crippen molar-refractivity contribution < 1.29 is 4.74 Å². The smallest absolute Gasteiger partial charge is 0.106 e. The number of halogens is 1. The van der Waals surface area contributed by atoms with Gasteiger partial charge in [-0.25, -0.2) is 0 Å². The molecule has 1 saturated heterocycles. The van der Waals surface area contributed by atoms with Crippen molar-refractivity contribution in [1.29, 1.82) is 0 Å². The first kappa shape index (κ1) is 12.5. The molecule has 1 aliphatic carbocycles. The van der Waals surface area contributed by atoms with Crippen LogP contribution in [0.4, 0.5) is 0 Å². The maximum absolute atomic E-state index is 5.77. The van der Waals surface area contributed by atoms with E-state index in [-0.39, 0.29) is 0 Å². The summed E-state index contributed by atoms with van der Waals surface area (Å²) in [6.07, 6.45) is 2.75. The Morgan fingerprint density at radius 2 is 2.07 bits per heavy atom. The summed E-state index contributed by atoms with van der Waals surface area (Å²) in [5.41, 5.74) is 0.529. The quantitative estimate of drug-likeness (QED) is 0.563. The first-order valence-corrected chi connectivity index (χ1v) is 8.16. The summed E-state index contributed by atoms with van der Waals surface area (Å²) >= 11 is 4.43. The number of hydrogen-bond donors (Lipinski definition) is 0. The minimum absolute atomic E-state index is 0.358. The van der Waals surface area contributed by atoms with Crippen molar-refractivity contribution in [3.63, 3.8) is 0 Å². The fourth-order valence-electron chi connectivity index (χ4n) is 2.05. The summed E-state index contributed by atoms with van der Waals surface area (Å²) in [4.78, 5) is 2.63. The highest BCUT2D eigenvalue weighted by Crippen LogP contribution is 2.47. The van der Waals surface area contributed by atoms with Gasteiger partial charge in [0.15, 0.2) is 0 Å². The van der Waals surface area contributed by atoms with Gasteiger partial charge in [0.1, 0.15) is 4.11 Å². The minimum Gasteiger partial charge on any atom is -0.368 e. The lowest BCUT2D eigenvalue weighted by molar-refractivity contribution is 0.0716. The predicted molar refractivity (Wildman–Crippen MR) is 74.9 cm³/mol. The Bertz CT molecular complexity index is 203. The van der Waals surface area contributed by atoms with Crippen molar-refractivity contribution in [1.82, 2.24) is 4.90 Å². The highest BCUT2D eigenvalue weighted by atomic mass is 127. The number of ether oxygens (including phenoxy) is 1. The van der Waals surface area contributed by atoms with Gasteiger partial charge in [0.25, 0.3) is 0 Å². The molecule has 1 saturated carbocycles. The molecule has 2 aliphatic rings. The second-order valence-corrected chi connectivity index (χ2v) is 7.72. The summed E-state index contributed by atoms with van der Waals surface area (Å²) in [6.45, 7) is 6.93. The molecule has 1 unspecified atom stereocenters. The zero-order chi connectivity index (χ0) is 10.7. The molecule has 0 radical (unpaired) electrons. The van der Waals surface area contributed by atoms with E-state index in [2.05, 4.69) is 46.2 Å². The summed E-state index contributed by atoms with van der Waals surface area (Å²) in [6, 6.07) is 0. The van der Waals surface area contributed by atoms with Crippen molar-refractivity contribution in [2.24, 2.45) is 5.41 Å². The molecule has 0 aromatic heterocycles. The maximum atomic E-state index is 5.77. The number of alkyl halides is 1. The van der Waals surface area contributed by atoms with Crippen LogP contribution in [0.3, 0.4) is 0 Å². The zero-order valence-corrected chi connectivity index (χ0v) is 12.3. The molecule has 1 atom stereocenters. The van der Waals surface area contributed by atoms with Crippen molar-refractivity contribution in [3.05, 3.63) is 0 Å². The largest absolute Gasteiger partial charge is 0.368 e.